The first-order valence-corrected chi connectivity index (χ1v) is 18.0. The van der Waals surface area contributed by atoms with Crippen LogP contribution >= 0.6 is 0 Å². The topological polar surface area (TPSA) is 140 Å². The van der Waals surface area contributed by atoms with Crippen LogP contribution < -0.4 is 33.9 Å². The van der Waals surface area contributed by atoms with Crippen molar-refractivity contribution < 1.29 is 53.8 Å². The number of rotatable bonds is 6. The Kier molecular flexibility index (Phi) is 10.6. The third-order valence-electron chi connectivity index (χ3n) is 10.1. The molecule has 8 bridgehead atoms. The van der Waals surface area contributed by atoms with E-state index in [-0.39, 0.29) is 35.9 Å². The summed E-state index contributed by atoms with van der Waals surface area (Å²) in [5, 5.41) is 19.9. The molecule has 286 valence electrons. The lowest BCUT2D eigenvalue weighted by molar-refractivity contribution is -0.671. The zero-order valence-corrected chi connectivity index (χ0v) is 32.6. The summed E-state index contributed by atoms with van der Waals surface area (Å²) in [7, 11) is 3.93. The number of nitrogens with zero attached hydrogens (tertiary/aromatic N) is 4. The molecule has 10 nitrogen and oxygen atoms in total. The standard InChI is InChI=1S/C46H32N6O4.2ClH/c1-51-21-17-27(18-22-51)41-33-9-13-37(47-33)43(29-5-3-7-31(25-29)45(53)54)39-15-11-35(49-39)42(28-19-23-52(2)24-20-28)36-12-16-40(50-36)44(38-14-10-34(41)48-38)30-6-4-8-32(26-30)46(55)56;;/h3-26H,1-2H3,(H2-,47,48,49,50,53,54,55,56);2*1H. The third kappa shape index (κ3) is 7.18. The van der Waals surface area contributed by atoms with Crippen LogP contribution in [-0.4, -0.2) is 42.1 Å². The van der Waals surface area contributed by atoms with Crippen LogP contribution in [0.15, 0.2) is 122 Å². The Morgan fingerprint density at radius 2 is 0.776 bits per heavy atom. The lowest BCUT2D eigenvalue weighted by atomic mass is 10.0. The summed E-state index contributed by atoms with van der Waals surface area (Å²) in [6.07, 6.45) is 15.8. The van der Waals surface area contributed by atoms with Gasteiger partial charge in [0.25, 0.3) is 0 Å². The van der Waals surface area contributed by atoms with Gasteiger partial charge in [-0.2, -0.15) is 0 Å². The van der Waals surface area contributed by atoms with Crippen molar-refractivity contribution in [2.75, 3.05) is 0 Å². The number of carboxylic acids is 2. The first-order chi connectivity index (χ1) is 27.2. The Hall–Kier alpha value is -7.14. The van der Waals surface area contributed by atoms with Crippen molar-refractivity contribution in [3.8, 4) is 44.5 Å². The monoisotopic (exact) mass is 804 g/mol. The third-order valence-corrected chi connectivity index (χ3v) is 10.1. The molecule has 7 aromatic rings. The number of hydrogen-bond acceptors (Lipinski definition) is 4. The highest BCUT2D eigenvalue weighted by molar-refractivity contribution is 6.01. The second kappa shape index (κ2) is 15.8. The highest BCUT2D eigenvalue weighted by atomic mass is 35.5. The summed E-state index contributed by atoms with van der Waals surface area (Å²) in [5.41, 5.74) is 12.6. The predicted octanol–water partition coefficient (Wildman–Crippen LogP) is 2.38. The van der Waals surface area contributed by atoms with Crippen molar-refractivity contribution in [1.82, 2.24) is 19.9 Å². The summed E-state index contributed by atoms with van der Waals surface area (Å²) in [5.74, 6) is -2.03. The van der Waals surface area contributed by atoms with E-state index in [4.69, 9.17) is 9.97 Å². The van der Waals surface area contributed by atoms with E-state index in [2.05, 4.69) is 9.97 Å². The molecule has 2 aromatic carbocycles. The van der Waals surface area contributed by atoms with E-state index in [1.54, 1.807) is 36.4 Å². The van der Waals surface area contributed by atoms with E-state index in [1.165, 1.54) is 0 Å². The minimum Gasteiger partial charge on any atom is -1.00 e. The van der Waals surface area contributed by atoms with Gasteiger partial charge in [-0.25, -0.2) is 28.7 Å². The number of carboxylic acid groups (broad SMARTS) is 2. The van der Waals surface area contributed by atoms with E-state index in [9.17, 15) is 19.8 Å². The van der Waals surface area contributed by atoms with Gasteiger partial charge in [-0.15, -0.1) is 0 Å². The lowest BCUT2D eigenvalue weighted by Gasteiger charge is -2.07. The maximum Gasteiger partial charge on any atom is 0.335 e. The first-order valence-electron chi connectivity index (χ1n) is 18.0. The van der Waals surface area contributed by atoms with Gasteiger partial charge < -0.3 is 45.0 Å². The maximum absolute atomic E-state index is 12.2. The minimum atomic E-state index is -1.02. The predicted molar refractivity (Wildman–Crippen MR) is 217 cm³/mol. The Morgan fingerprint density at radius 3 is 1.09 bits per heavy atom. The lowest BCUT2D eigenvalue weighted by Crippen LogP contribution is -3.00. The smallest absolute Gasteiger partial charge is 0.335 e. The average molecular weight is 806 g/mol. The van der Waals surface area contributed by atoms with Crippen molar-refractivity contribution in [3.63, 3.8) is 0 Å². The van der Waals surface area contributed by atoms with Gasteiger partial charge in [0.1, 0.15) is 14.1 Å². The van der Waals surface area contributed by atoms with Gasteiger partial charge in [-0.3, -0.25) is 0 Å². The number of nitrogens with one attached hydrogen (secondary N) is 2. The van der Waals surface area contributed by atoms with E-state index in [0.29, 0.717) is 33.9 Å². The second-order valence-electron chi connectivity index (χ2n) is 13.8. The molecule has 0 unspecified atom stereocenters. The molecule has 58 heavy (non-hydrogen) atoms. The van der Waals surface area contributed by atoms with Crippen LogP contribution in [0.3, 0.4) is 0 Å². The Labute approximate surface area is 345 Å². The number of H-pyrrole nitrogens is 2. The fraction of sp³-hybridized carbons (Fsp3) is 0.0435. The SMILES string of the molecule is C[n+]1ccc(-c2c3nc(c(-c4cccc(C(=O)O)c4)c4ccc([nH]4)c(-c4cc[n+](C)cc4)c4nc(c(-c5cccc(C(=O)O)c5)c5ccc2[nH]5)C=C4)C=C3)cc1.[Cl-].[Cl-]. The minimum absolute atomic E-state index is 0. The zero-order valence-electron chi connectivity index (χ0n) is 31.1. The van der Waals surface area contributed by atoms with Crippen molar-refractivity contribution in [2.24, 2.45) is 14.1 Å². The molecule has 4 N–H and O–H groups in total. The molecular weight excluding hydrogens is 771 g/mol. The summed E-state index contributed by atoms with van der Waals surface area (Å²) < 4.78 is 3.93. The van der Waals surface area contributed by atoms with Crippen molar-refractivity contribution in [3.05, 3.63) is 156 Å². The van der Waals surface area contributed by atoms with Gasteiger partial charge in [0, 0.05) is 68.6 Å². The number of aryl methyl sites for hydroxylation is 2. The van der Waals surface area contributed by atoms with Crippen LogP contribution in [0.25, 0.3) is 90.9 Å². The molecule has 2 aliphatic rings. The van der Waals surface area contributed by atoms with Gasteiger partial charge >= 0.3 is 11.9 Å². The number of fused-ring (bicyclic) bond motifs is 8. The largest absolute Gasteiger partial charge is 1.00 e. The number of aromatic carboxylic acids is 2. The molecule has 0 atom stereocenters. The van der Waals surface area contributed by atoms with Crippen LogP contribution in [0.4, 0.5) is 0 Å². The Balaban J connectivity index is 0.00000256. The fourth-order valence-corrected chi connectivity index (χ4v) is 7.37. The molecule has 0 spiro atoms. The van der Waals surface area contributed by atoms with E-state index in [0.717, 1.165) is 55.4 Å². The van der Waals surface area contributed by atoms with E-state index >= 15 is 0 Å². The highest BCUT2D eigenvalue weighted by Crippen LogP contribution is 2.38. The molecule has 0 aliphatic carbocycles. The number of pyridine rings is 2. The summed E-state index contributed by atoms with van der Waals surface area (Å²) in [4.78, 5) is 42.2. The molecule has 0 saturated carbocycles. The number of hydrogen-bond donors (Lipinski definition) is 4. The van der Waals surface area contributed by atoms with Crippen LogP contribution in [0, 0.1) is 0 Å². The maximum atomic E-state index is 12.2. The van der Waals surface area contributed by atoms with Crippen molar-refractivity contribution in [1.29, 1.82) is 0 Å². The molecule has 12 heteroatoms. The number of aromatic nitrogens is 6. The average Bonchev–Trinajstić information content (AvgIpc) is 4.04. The van der Waals surface area contributed by atoms with Gasteiger partial charge in [-0.1, -0.05) is 24.3 Å². The first kappa shape index (κ1) is 39.1. The Bertz CT molecular complexity index is 2800. The number of aromatic amines is 2. The van der Waals surface area contributed by atoms with Crippen molar-refractivity contribution >= 4 is 58.3 Å². The second-order valence-corrected chi connectivity index (χ2v) is 13.8. The van der Waals surface area contributed by atoms with E-state index < -0.39 is 11.9 Å². The van der Waals surface area contributed by atoms with Gasteiger partial charge in [0.05, 0.1) is 33.9 Å². The van der Waals surface area contributed by atoms with Gasteiger partial charge in [0.2, 0.25) is 0 Å². The van der Waals surface area contributed by atoms with Crippen LogP contribution in [0.5, 0.6) is 0 Å². The highest BCUT2D eigenvalue weighted by Gasteiger charge is 2.20. The molecule has 9 rings (SSSR count). The molecule has 0 amide bonds. The molecule has 5 aromatic heterocycles. The van der Waals surface area contributed by atoms with E-state index in [1.807, 2.05) is 133 Å². The molecular formula is C46H34Cl2N6O4. The van der Waals surface area contributed by atoms with Crippen LogP contribution in [0.1, 0.15) is 43.5 Å². The fourth-order valence-electron chi connectivity index (χ4n) is 7.37. The number of benzene rings is 2. The quantitative estimate of drug-likeness (QED) is 0.191. The van der Waals surface area contributed by atoms with Gasteiger partial charge in [0.15, 0.2) is 24.8 Å². The number of halogens is 2. The van der Waals surface area contributed by atoms with Crippen LogP contribution in [-0.2, 0) is 14.1 Å². The molecule has 7 heterocycles. The van der Waals surface area contributed by atoms with Gasteiger partial charge in [-0.05, 0) is 95.1 Å². The van der Waals surface area contributed by atoms with Crippen LogP contribution in [0.2, 0.25) is 0 Å². The molecule has 0 saturated heterocycles. The van der Waals surface area contributed by atoms with Crippen molar-refractivity contribution in [2.45, 2.75) is 0 Å². The summed E-state index contributed by atoms with van der Waals surface area (Å²) >= 11 is 0. The summed E-state index contributed by atoms with van der Waals surface area (Å²) in [6, 6.07) is 29.9. The molecule has 0 radical (unpaired) electrons. The zero-order chi connectivity index (χ0) is 38.5. The summed E-state index contributed by atoms with van der Waals surface area (Å²) in [6.45, 7) is 0. The number of carbonyl (C=O) groups is 2. The Morgan fingerprint density at radius 1 is 0.466 bits per heavy atom. The molecule has 0 fully saturated rings. The molecule has 2 aliphatic heterocycles. The normalized spacial score (nSPS) is 11.5.